The molecule has 0 amide bonds. The van der Waals surface area contributed by atoms with Crippen LogP contribution in [-0.2, 0) is 0 Å². The maximum atomic E-state index is 10.2. The summed E-state index contributed by atoms with van der Waals surface area (Å²) in [6, 6.07) is 0. The van der Waals surface area contributed by atoms with Crippen molar-refractivity contribution in [2.24, 2.45) is 34.5 Å². The number of hydrogen-bond acceptors (Lipinski definition) is 2. The number of aromatic nitrogens is 2. The van der Waals surface area contributed by atoms with Gasteiger partial charge in [-0.25, -0.2) is 4.98 Å². The van der Waals surface area contributed by atoms with Crippen molar-refractivity contribution in [1.82, 2.24) is 9.55 Å². The normalized spacial score (nSPS) is 47.5. The lowest BCUT2D eigenvalue weighted by Crippen LogP contribution is -2.52. The molecular formula is C23H32N2O. The molecule has 2 fully saturated rings. The third kappa shape index (κ3) is 2.13. The molecule has 3 nitrogen and oxygen atoms in total. The molecular weight excluding hydrogens is 320 g/mol. The quantitative estimate of drug-likeness (QED) is 0.730. The molecule has 0 aromatic carbocycles. The van der Waals surface area contributed by atoms with E-state index in [4.69, 9.17) is 0 Å². The Morgan fingerprint density at radius 3 is 2.73 bits per heavy atom. The van der Waals surface area contributed by atoms with Gasteiger partial charge in [0.2, 0.25) is 0 Å². The standard InChI is InChI=1S/C23H32N2O/c1-15-12-16-13-17(26)6-8-22(16,2)19-7-9-23(3)18(21(15)19)4-5-20(23)25-11-10-24-14-25/h5,10-12,14-15,17-19,21,26H,4,6-9,13H2,1-3H3/t15?,17?,18-,19+,21-,22-,23-/m0/s1. The first-order valence-corrected chi connectivity index (χ1v) is 10.5. The Morgan fingerprint density at radius 1 is 1.15 bits per heavy atom. The molecule has 140 valence electrons. The fourth-order valence-electron chi connectivity index (χ4n) is 7.35. The van der Waals surface area contributed by atoms with Gasteiger partial charge in [0.25, 0.3) is 0 Å². The van der Waals surface area contributed by atoms with E-state index >= 15 is 0 Å². The average Bonchev–Trinajstić information content (AvgIpc) is 3.23. The molecule has 0 aliphatic heterocycles. The van der Waals surface area contributed by atoms with Crippen molar-refractivity contribution in [3.05, 3.63) is 36.4 Å². The maximum Gasteiger partial charge on any atom is 0.0989 e. The van der Waals surface area contributed by atoms with Crippen LogP contribution in [0.1, 0.15) is 59.3 Å². The van der Waals surface area contributed by atoms with Gasteiger partial charge in [0.1, 0.15) is 0 Å². The number of aliphatic hydroxyl groups is 1. The number of rotatable bonds is 1. The summed E-state index contributed by atoms with van der Waals surface area (Å²) in [5.74, 6) is 2.89. The Labute approximate surface area is 157 Å². The van der Waals surface area contributed by atoms with Crippen LogP contribution in [0.4, 0.5) is 0 Å². The van der Waals surface area contributed by atoms with E-state index in [-0.39, 0.29) is 11.5 Å². The smallest absolute Gasteiger partial charge is 0.0989 e. The third-order valence-corrected chi connectivity index (χ3v) is 8.73. The molecule has 0 bridgehead atoms. The summed E-state index contributed by atoms with van der Waals surface area (Å²) in [5, 5.41) is 10.2. The van der Waals surface area contributed by atoms with Gasteiger partial charge in [0.05, 0.1) is 12.4 Å². The van der Waals surface area contributed by atoms with Crippen LogP contribution in [0, 0.1) is 34.5 Å². The van der Waals surface area contributed by atoms with E-state index < -0.39 is 0 Å². The molecule has 7 atom stereocenters. The van der Waals surface area contributed by atoms with Crippen molar-refractivity contribution in [2.45, 2.75) is 65.4 Å². The second-order valence-corrected chi connectivity index (χ2v) is 9.91. The average molecular weight is 353 g/mol. The summed E-state index contributed by atoms with van der Waals surface area (Å²) in [7, 11) is 0. The number of imidazole rings is 1. The summed E-state index contributed by atoms with van der Waals surface area (Å²) in [6.45, 7) is 7.45. The number of allylic oxidation sites excluding steroid dienone is 3. The molecule has 0 spiro atoms. The second kappa shape index (κ2) is 5.58. The number of nitrogens with zero attached hydrogens (tertiary/aromatic N) is 2. The summed E-state index contributed by atoms with van der Waals surface area (Å²) < 4.78 is 2.26. The largest absolute Gasteiger partial charge is 0.393 e. The minimum atomic E-state index is -0.118. The highest BCUT2D eigenvalue weighted by Crippen LogP contribution is 2.66. The first-order chi connectivity index (χ1) is 12.4. The number of fused-ring (bicyclic) bond motifs is 5. The molecule has 1 aromatic rings. The lowest BCUT2D eigenvalue weighted by Gasteiger charge is -2.59. The summed E-state index contributed by atoms with van der Waals surface area (Å²) >= 11 is 0. The van der Waals surface area contributed by atoms with E-state index in [1.807, 2.05) is 12.5 Å². The third-order valence-electron chi connectivity index (χ3n) is 8.73. The molecule has 2 unspecified atom stereocenters. The molecule has 1 N–H and O–H groups in total. The first kappa shape index (κ1) is 16.8. The van der Waals surface area contributed by atoms with Crippen LogP contribution >= 0.6 is 0 Å². The molecule has 3 heteroatoms. The van der Waals surface area contributed by atoms with Crippen molar-refractivity contribution in [1.29, 1.82) is 0 Å². The monoisotopic (exact) mass is 352 g/mol. The minimum Gasteiger partial charge on any atom is -0.393 e. The van der Waals surface area contributed by atoms with Crippen molar-refractivity contribution in [3.8, 4) is 0 Å². The van der Waals surface area contributed by atoms with Crippen LogP contribution in [0.25, 0.3) is 5.70 Å². The van der Waals surface area contributed by atoms with Crippen molar-refractivity contribution >= 4 is 5.70 Å². The van der Waals surface area contributed by atoms with E-state index in [9.17, 15) is 5.11 Å². The van der Waals surface area contributed by atoms with Crippen LogP contribution in [-0.4, -0.2) is 20.8 Å². The number of aliphatic hydroxyl groups excluding tert-OH is 1. The van der Waals surface area contributed by atoms with E-state index in [1.54, 1.807) is 5.57 Å². The molecule has 0 saturated heterocycles. The Kier molecular flexibility index (Phi) is 3.60. The van der Waals surface area contributed by atoms with Gasteiger partial charge >= 0.3 is 0 Å². The van der Waals surface area contributed by atoms with E-state index in [2.05, 4.69) is 48.7 Å². The topological polar surface area (TPSA) is 38.0 Å². The molecule has 1 aromatic heterocycles. The highest BCUT2D eigenvalue weighted by molar-refractivity contribution is 5.57. The first-order valence-electron chi connectivity index (χ1n) is 10.5. The molecule has 4 aliphatic carbocycles. The molecule has 26 heavy (non-hydrogen) atoms. The van der Waals surface area contributed by atoms with Crippen LogP contribution in [0.5, 0.6) is 0 Å². The zero-order chi connectivity index (χ0) is 18.1. The van der Waals surface area contributed by atoms with Crippen LogP contribution in [0.3, 0.4) is 0 Å². The SMILES string of the molecule is CC1C=C2CC(O)CC[C@]2(C)[C@@H]2CC[C@]3(C)C(n4ccnc4)=CC[C@H]3[C@H]12. The number of hydrogen-bond donors (Lipinski definition) is 1. The molecule has 0 radical (unpaired) electrons. The van der Waals surface area contributed by atoms with Crippen LogP contribution in [0.2, 0.25) is 0 Å². The Balaban J connectivity index is 1.52. The molecule has 2 saturated carbocycles. The Bertz CT molecular complexity index is 763. The lowest BCUT2D eigenvalue weighted by atomic mass is 9.46. The lowest BCUT2D eigenvalue weighted by molar-refractivity contribution is -0.0436. The van der Waals surface area contributed by atoms with Crippen molar-refractivity contribution in [2.75, 3.05) is 0 Å². The van der Waals surface area contributed by atoms with Gasteiger partial charge in [-0.2, -0.15) is 0 Å². The van der Waals surface area contributed by atoms with Gasteiger partial charge < -0.3 is 9.67 Å². The zero-order valence-electron chi connectivity index (χ0n) is 16.4. The fraction of sp³-hybridized carbons (Fsp3) is 0.696. The van der Waals surface area contributed by atoms with E-state index in [0.29, 0.717) is 11.3 Å². The van der Waals surface area contributed by atoms with Crippen molar-refractivity contribution in [3.63, 3.8) is 0 Å². The van der Waals surface area contributed by atoms with Gasteiger partial charge in [-0.3, -0.25) is 0 Å². The van der Waals surface area contributed by atoms with E-state index in [0.717, 1.165) is 30.6 Å². The van der Waals surface area contributed by atoms with Gasteiger partial charge in [-0.05, 0) is 67.6 Å². The molecule has 5 rings (SSSR count). The van der Waals surface area contributed by atoms with Crippen LogP contribution < -0.4 is 0 Å². The zero-order valence-corrected chi connectivity index (χ0v) is 16.4. The van der Waals surface area contributed by atoms with Crippen molar-refractivity contribution < 1.29 is 5.11 Å². The summed E-state index contributed by atoms with van der Waals surface area (Å²) in [6.07, 6.45) is 17.8. The Hall–Kier alpha value is -1.35. The summed E-state index contributed by atoms with van der Waals surface area (Å²) in [4.78, 5) is 4.29. The predicted molar refractivity (Wildman–Crippen MR) is 104 cm³/mol. The highest BCUT2D eigenvalue weighted by Gasteiger charge is 2.58. The highest BCUT2D eigenvalue weighted by atomic mass is 16.3. The Morgan fingerprint density at radius 2 is 1.96 bits per heavy atom. The molecule has 1 heterocycles. The van der Waals surface area contributed by atoms with Gasteiger partial charge in [-0.15, -0.1) is 0 Å². The van der Waals surface area contributed by atoms with Gasteiger partial charge in [0, 0.05) is 23.5 Å². The van der Waals surface area contributed by atoms with Gasteiger partial charge in [-0.1, -0.05) is 38.5 Å². The maximum absolute atomic E-state index is 10.2. The fourth-order valence-corrected chi connectivity index (χ4v) is 7.35. The van der Waals surface area contributed by atoms with Crippen LogP contribution in [0.15, 0.2) is 36.4 Å². The second-order valence-electron chi connectivity index (χ2n) is 9.91. The van der Waals surface area contributed by atoms with E-state index in [1.165, 1.54) is 31.4 Å². The van der Waals surface area contributed by atoms with Gasteiger partial charge in [0.15, 0.2) is 0 Å². The molecule has 4 aliphatic rings. The predicted octanol–water partition coefficient (Wildman–Crippen LogP) is 4.90. The minimum absolute atomic E-state index is 0.118. The summed E-state index contributed by atoms with van der Waals surface area (Å²) in [5.41, 5.74) is 3.63.